The summed E-state index contributed by atoms with van der Waals surface area (Å²) >= 11 is 0. The van der Waals surface area contributed by atoms with Crippen LogP contribution in [-0.4, -0.2) is 42.8 Å². The van der Waals surface area contributed by atoms with Crippen LogP contribution in [0.3, 0.4) is 0 Å². The van der Waals surface area contributed by atoms with Crippen molar-refractivity contribution in [2.75, 3.05) is 26.2 Å². The van der Waals surface area contributed by atoms with Gasteiger partial charge in [0.05, 0.1) is 0 Å². The van der Waals surface area contributed by atoms with E-state index in [1.165, 1.54) is 25.7 Å². The molecule has 0 aromatic carbocycles. The first-order valence-corrected chi connectivity index (χ1v) is 8.13. The average molecular weight is 282 g/mol. The number of ether oxygens (including phenoxy) is 1. The van der Waals surface area contributed by atoms with E-state index in [0.29, 0.717) is 5.92 Å². The molecule has 2 aliphatic rings. The van der Waals surface area contributed by atoms with Crippen molar-refractivity contribution < 1.29 is 9.53 Å². The van der Waals surface area contributed by atoms with E-state index in [9.17, 15) is 4.79 Å². The summed E-state index contributed by atoms with van der Waals surface area (Å²) in [5.41, 5.74) is -0.393. The van der Waals surface area contributed by atoms with E-state index < -0.39 is 5.60 Å². The lowest BCUT2D eigenvalue weighted by Crippen LogP contribution is -2.36. The third-order valence-electron chi connectivity index (χ3n) is 4.28. The molecule has 0 aromatic rings. The Morgan fingerprint density at radius 3 is 2.45 bits per heavy atom. The normalized spacial score (nSPS) is 24.4. The molecule has 1 N–H and O–H groups in total. The highest BCUT2D eigenvalue weighted by Crippen LogP contribution is 2.24. The van der Waals surface area contributed by atoms with Crippen LogP contribution in [0.2, 0.25) is 0 Å². The summed E-state index contributed by atoms with van der Waals surface area (Å²) in [5.74, 6) is 1.47. The lowest BCUT2D eigenvalue weighted by atomic mass is 10.1. The first-order valence-electron chi connectivity index (χ1n) is 8.13. The minimum absolute atomic E-state index is 0.157. The third-order valence-corrected chi connectivity index (χ3v) is 4.28. The van der Waals surface area contributed by atoms with E-state index in [2.05, 4.69) is 5.32 Å². The topological polar surface area (TPSA) is 41.6 Å². The second kappa shape index (κ2) is 6.79. The molecule has 1 aliphatic carbocycles. The van der Waals surface area contributed by atoms with Crippen LogP contribution in [0.25, 0.3) is 0 Å². The van der Waals surface area contributed by atoms with Gasteiger partial charge < -0.3 is 15.0 Å². The van der Waals surface area contributed by atoms with Crippen molar-refractivity contribution in [2.24, 2.45) is 11.8 Å². The second-order valence-electron chi connectivity index (χ2n) is 7.39. The van der Waals surface area contributed by atoms with Gasteiger partial charge in [-0.15, -0.1) is 0 Å². The van der Waals surface area contributed by atoms with Gasteiger partial charge in [-0.2, -0.15) is 0 Å². The van der Waals surface area contributed by atoms with Crippen LogP contribution < -0.4 is 5.32 Å². The molecule has 4 nitrogen and oxygen atoms in total. The van der Waals surface area contributed by atoms with Gasteiger partial charge in [-0.05, 0) is 65.0 Å². The largest absolute Gasteiger partial charge is 0.444 e. The lowest BCUT2D eigenvalue weighted by molar-refractivity contribution is 0.0288. The summed E-state index contributed by atoms with van der Waals surface area (Å²) in [6, 6.07) is 0. The van der Waals surface area contributed by atoms with E-state index in [1.807, 2.05) is 25.7 Å². The number of carbonyl (C=O) groups is 1. The van der Waals surface area contributed by atoms with Crippen molar-refractivity contribution in [1.29, 1.82) is 0 Å². The molecule has 1 aliphatic heterocycles. The molecular formula is C16H30N2O2. The molecule has 0 aromatic heterocycles. The van der Waals surface area contributed by atoms with Crippen LogP contribution in [0, 0.1) is 11.8 Å². The predicted octanol–water partition coefficient (Wildman–Crippen LogP) is 3.02. The minimum Gasteiger partial charge on any atom is -0.444 e. The number of carbonyl (C=O) groups excluding carboxylic acids is 1. The summed E-state index contributed by atoms with van der Waals surface area (Å²) < 4.78 is 5.42. The number of likely N-dealkylation sites (tertiary alicyclic amines) is 1. The van der Waals surface area contributed by atoms with Gasteiger partial charge in [0.1, 0.15) is 5.60 Å². The zero-order chi connectivity index (χ0) is 14.6. The fourth-order valence-electron chi connectivity index (χ4n) is 3.20. The molecule has 0 radical (unpaired) electrons. The van der Waals surface area contributed by atoms with Crippen molar-refractivity contribution in [3.05, 3.63) is 0 Å². The minimum atomic E-state index is -0.393. The summed E-state index contributed by atoms with van der Waals surface area (Å²) in [4.78, 5) is 13.8. The Balaban J connectivity index is 1.63. The number of hydrogen-bond acceptors (Lipinski definition) is 3. The SMILES string of the molecule is CC(C)(C)OC(=O)N1CCC(CNCC2CCCC2)C1. The summed E-state index contributed by atoms with van der Waals surface area (Å²) in [7, 11) is 0. The molecule has 116 valence electrons. The Kier molecular flexibility index (Phi) is 5.30. The molecule has 2 fully saturated rings. The number of hydrogen-bond donors (Lipinski definition) is 1. The highest BCUT2D eigenvalue weighted by Gasteiger charge is 2.29. The summed E-state index contributed by atoms with van der Waals surface area (Å²) in [5, 5.41) is 3.60. The predicted molar refractivity (Wildman–Crippen MR) is 80.7 cm³/mol. The van der Waals surface area contributed by atoms with E-state index in [0.717, 1.165) is 38.5 Å². The number of amides is 1. The summed E-state index contributed by atoms with van der Waals surface area (Å²) in [6.45, 7) is 9.63. The third kappa shape index (κ3) is 4.97. The lowest BCUT2D eigenvalue weighted by Gasteiger charge is -2.24. The smallest absolute Gasteiger partial charge is 0.410 e. The van der Waals surface area contributed by atoms with Crippen molar-refractivity contribution in [3.8, 4) is 0 Å². The first-order chi connectivity index (χ1) is 9.44. The maximum Gasteiger partial charge on any atom is 0.410 e. The van der Waals surface area contributed by atoms with E-state index in [4.69, 9.17) is 4.74 Å². The quantitative estimate of drug-likeness (QED) is 0.862. The van der Waals surface area contributed by atoms with Crippen LogP contribution in [-0.2, 0) is 4.74 Å². The molecule has 1 saturated carbocycles. The monoisotopic (exact) mass is 282 g/mol. The zero-order valence-corrected chi connectivity index (χ0v) is 13.3. The van der Waals surface area contributed by atoms with Crippen molar-refractivity contribution in [2.45, 2.75) is 58.5 Å². The molecule has 1 atom stereocenters. The fourth-order valence-corrected chi connectivity index (χ4v) is 3.20. The number of rotatable bonds is 4. The van der Waals surface area contributed by atoms with Gasteiger partial charge in [0.25, 0.3) is 0 Å². The van der Waals surface area contributed by atoms with Gasteiger partial charge in [0, 0.05) is 13.1 Å². The molecule has 2 rings (SSSR count). The summed E-state index contributed by atoms with van der Waals surface area (Å²) in [6.07, 6.45) is 6.53. The fraction of sp³-hybridized carbons (Fsp3) is 0.938. The van der Waals surface area contributed by atoms with E-state index in [1.54, 1.807) is 0 Å². The Morgan fingerprint density at radius 2 is 1.80 bits per heavy atom. The Labute approximate surface area is 123 Å². The molecule has 1 unspecified atom stereocenters. The van der Waals surface area contributed by atoms with Crippen LogP contribution >= 0.6 is 0 Å². The average Bonchev–Trinajstić information content (AvgIpc) is 2.97. The van der Waals surface area contributed by atoms with Gasteiger partial charge in [-0.1, -0.05) is 12.8 Å². The first kappa shape index (κ1) is 15.6. The van der Waals surface area contributed by atoms with Gasteiger partial charge in [0.2, 0.25) is 0 Å². The van der Waals surface area contributed by atoms with Crippen LogP contribution in [0.4, 0.5) is 4.79 Å². The van der Waals surface area contributed by atoms with Gasteiger partial charge >= 0.3 is 6.09 Å². The molecule has 4 heteroatoms. The van der Waals surface area contributed by atoms with Crippen LogP contribution in [0.15, 0.2) is 0 Å². The Morgan fingerprint density at radius 1 is 1.15 bits per heavy atom. The Bertz CT molecular complexity index is 319. The molecule has 1 saturated heterocycles. The van der Waals surface area contributed by atoms with E-state index in [-0.39, 0.29) is 6.09 Å². The Hall–Kier alpha value is -0.770. The van der Waals surface area contributed by atoms with Crippen molar-refractivity contribution in [1.82, 2.24) is 10.2 Å². The maximum absolute atomic E-state index is 12.0. The molecular weight excluding hydrogens is 252 g/mol. The van der Waals surface area contributed by atoms with Crippen LogP contribution in [0.1, 0.15) is 52.9 Å². The van der Waals surface area contributed by atoms with Crippen molar-refractivity contribution >= 4 is 6.09 Å². The maximum atomic E-state index is 12.0. The molecule has 0 spiro atoms. The van der Waals surface area contributed by atoms with Crippen molar-refractivity contribution in [3.63, 3.8) is 0 Å². The van der Waals surface area contributed by atoms with Gasteiger partial charge in [-0.3, -0.25) is 0 Å². The second-order valence-corrected chi connectivity index (χ2v) is 7.39. The van der Waals surface area contributed by atoms with Gasteiger partial charge in [0.15, 0.2) is 0 Å². The molecule has 1 heterocycles. The van der Waals surface area contributed by atoms with Crippen LogP contribution in [0.5, 0.6) is 0 Å². The van der Waals surface area contributed by atoms with E-state index >= 15 is 0 Å². The zero-order valence-electron chi connectivity index (χ0n) is 13.3. The van der Waals surface area contributed by atoms with Gasteiger partial charge in [-0.25, -0.2) is 4.79 Å². The molecule has 1 amide bonds. The highest BCUT2D eigenvalue weighted by atomic mass is 16.6. The highest BCUT2D eigenvalue weighted by molar-refractivity contribution is 5.68. The standard InChI is InChI=1S/C16H30N2O2/c1-16(2,3)20-15(19)18-9-8-14(12-18)11-17-10-13-6-4-5-7-13/h13-14,17H,4-12H2,1-3H3. The number of nitrogens with one attached hydrogen (secondary N) is 1. The number of nitrogens with zero attached hydrogens (tertiary/aromatic N) is 1. The molecule has 0 bridgehead atoms. The molecule has 20 heavy (non-hydrogen) atoms.